The van der Waals surface area contributed by atoms with Crippen LogP contribution in [0.25, 0.3) is 11.1 Å². The van der Waals surface area contributed by atoms with Crippen molar-refractivity contribution in [2.75, 3.05) is 13.7 Å². The van der Waals surface area contributed by atoms with E-state index in [1.54, 1.807) is 44.3 Å². The van der Waals surface area contributed by atoms with Crippen molar-refractivity contribution < 1.29 is 35.1 Å². The largest absolute Gasteiger partial charge is 0.394 e. The maximum atomic E-state index is 11.9. The van der Waals surface area contributed by atoms with E-state index in [0.717, 1.165) is 11.1 Å². The van der Waals surface area contributed by atoms with Gasteiger partial charge in [-0.2, -0.15) is 0 Å². The van der Waals surface area contributed by atoms with Gasteiger partial charge < -0.3 is 35.6 Å². The average Bonchev–Trinajstić information content (AvgIpc) is 2.76. The monoisotopic (exact) mass is 417 g/mol. The molecule has 0 aromatic heterocycles. The summed E-state index contributed by atoms with van der Waals surface area (Å²) in [6.45, 7) is 1.22. The van der Waals surface area contributed by atoms with Gasteiger partial charge in [-0.05, 0) is 41.3 Å². The number of hydrogen-bond acceptors (Lipinski definition) is 7. The highest BCUT2D eigenvalue weighted by Gasteiger charge is 2.46. The molecule has 1 amide bonds. The molecule has 6 N–H and O–H groups in total. The highest BCUT2D eigenvalue weighted by atomic mass is 16.6. The van der Waals surface area contributed by atoms with Gasteiger partial charge in [-0.3, -0.25) is 4.79 Å². The molecule has 8 nitrogen and oxygen atoms in total. The second-order valence-electron chi connectivity index (χ2n) is 7.47. The van der Waals surface area contributed by atoms with Crippen molar-refractivity contribution in [3.05, 3.63) is 59.2 Å². The lowest BCUT2D eigenvalue weighted by Crippen LogP contribution is -2.59. The molecule has 0 radical (unpaired) electrons. The molecule has 0 saturated carbocycles. The van der Waals surface area contributed by atoms with Crippen molar-refractivity contribution in [2.45, 2.75) is 43.5 Å². The van der Waals surface area contributed by atoms with Crippen molar-refractivity contribution in [3.8, 4) is 11.1 Å². The smallest absolute Gasteiger partial charge is 0.251 e. The summed E-state index contributed by atoms with van der Waals surface area (Å²) in [5.41, 5.74) is 3.38. The molecule has 3 rings (SSSR count). The van der Waals surface area contributed by atoms with Crippen molar-refractivity contribution in [1.29, 1.82) is 0 Å². The van der Waals surface area contributed by atoms with E-state index in [2.05, 4.69) is 5.32 Å². The zero-order chi connectivity index (χ0) is 22.0. The molecule has 0 unspecified atom stereocenters. The third-order valence-electron chi connectivity index (χ3n) is 5.51. The van der Waals surface area contributed by atoms with E-state index < -0.39 is 43.2 Å². The minimum atomic E-state index is -1.55. The molecule has 2 aromatic rings. The Bertz CT molecular complexity index is 901. The fraction of sp³-hybridized carbons (Fsp3) is 0.409. The summed E-state index contributed by atoms with van der Waals surface area (Å²) in [6.07, 6.45) is -8.16. The molecular formula is C22H27NO7. The molecule has 8 heteroatoms. The van der Waals surface area contributed by atoms with E-state index in [1.807, 2.05) is 12.1 Å². The molecule has 1 saturated heterocycles. The number of carbonyl (C=O) groups excluding carboxylic acids is 1. The number of amides is 1. The van der Waals surface area contributed by atoms with Crippen LogP contribution >= 0.6 is 0 Å². The highest BCUT2D eigenvalue weighted by Crippen LogP contribution is 2.33. The van der Waals surface area contributed by atoms with Gasteiger partial charge in [0.05, 0.1) is 6.61 Å². The Morgan fingerprint density at radius 2 is 1.77 bits per heavy atom. The van der Waals surface area contributed by atoms with Crippen LogP contribution in [0.4, 0.5) is 0 Å². The topological polar surface area (TPSA) is 139 Å². The quantitative estimate of drug-likeness (QED) is 0.399. The molecule has 1 aliphatic rings. The number of nitrogens with one attached hydrogen (secondary N) is 1. The molecule has 162 valence electrons. The van der Waals surface area contributed by atoms with E-state index in [-0.39, 0.29) is 5.91 Å². The van der Waals surface area contributed by atoms with Gasteiger partial charge in [0.15, 0.2) is 0 Å². The first-order chi connectivity index (χ1) is 14.3. The van der Waals surface area contributed by atoms with Gasteiger partial charge in [0.2, 0.25) is 0 Å². The number of ether oxygens (including phenoxy) is 1. The molecule has 1 aliphatic heterocycles. The van der Waals surface area contributed by atoms with E-state index >= 15 is 0 Å². The number of rotatable bonds is 5. The van der Waals surface area contributed by atoms with Crippen molar-refractivity contribution in [2.24, 2.45) is 0 Å². The lowest BCUT2D eigenvalue weighted by atomic mass is 9.87. The Morgan fingerprint density at radius 1 is 1.07 bits per heavy atom. The Labute approximate surface area is 174 Å². The molecule has 1 fully saturated rings. The lowest BCUT2D eigenvalue weighted by Gasteiger charge is -2.42. The maximum absolute atomic E-state index is 11.9. The maximum Gasteiger partial charge on any atom is 0.251 e. The zero-order valence-corrected chi connectivity index (χ0v) is 16.8. The summed E-state index contributed by atoms with van der Waals surface area (Å²) in [7, 11) is 1.56. The first kappa shape index (κ1) is 22.4. The lowest BCUT2D eigenvalue weighted by molar-refractivity contribution is -0.250. The fourth-order valence-corrected chi connectivity index (χ4v) is 3.74. The van der Waals surface area contributed by atoms with Crippen molar-refractivity contribution in [3.63, 3.8) is 0 Å². The van der Waals surface area contributed by atoms with Crippen molar-refractivity contribution in [1.82, 2.24) is 5.32 Å². The predicted molar refractivity (Wildman–Crippen MR) is 109 cm³/mol. The Morgan fingerprint density at radius 3 is 2.40 bits per heavy atom. The van der Waals surface area contributed by atoms with Crippen LogP contribution in [0.1, 0.15) is 27.6 Å². The van der Waals surface area contributed by atoms with Crippen LogP contribution in [0.2, 0.25) is 0 Å². The van der Waals surface area contributed by atoms with Gasteiger partial charge >= 0.3 is 0 Å². The van der Waals surface area contributed by atoms with Crippen LogP contribution in [0.15, 0.2) is 42.5 Å². The standard InChI is InChI=1S/C22H27NO7/c1-11-8-13(12-4-3-5-14(9-12)22(29)23-2)6-7-15(11)17(25)21-20(28)19(27)18(26)16(10-24)30-21/h3-9,16-21,24-28H,10H2,1-2H3,(H,23,29)/t16-,17+,18-,19+,20+,21+/m0/s1. The Balaban J connectivity index is 1.87. The summed E-state index contributed by atoms with van der Waals surface area (Å²) in [4.78, 5) is 11.9. The van der Waals surface area contributed by atoms with E-state index in [1.165, 1.54) is 0 Å². The van der Waals surface area contributed by atoms with Crippen LogP contribution in [-0.2, 0) is 4.74 Å². The number of carbonyl (C=O) groups is 1. The summed E-state index contributed by atoms with van der Waals surface area (Å²) in [6, 6.07) is 12.4. The highest BCUT2D eigenvalue weighted by molar-refractivity contribution is 5.95. The number of aliphatic hydroxyl groups excluding tert-OH is 5. The number of aryl methyl sites for hydroxylation is 1. The third-order valence-corrected chi connectivity index (χ3v) is 5.51. The van der Waals surface area contributed by atoms with Gasteiger partial charge in [-0.15, -0.1) is 0 Å². The van der Waals surface area contributed by atoms with Crippen LogP contribution in [0.5, 0.6) is 0 Å². The van der Waals surface area contributed by atoms with E-state index in [4.69, 9.17) is 4.74 Å². The second-order valence-corrected chi connectivity index (χ2v) is 7.47. The summed E-state index contributed by atoms with van der Waals surface area (Å²) in [5, 5.41) is 52.9. The molecule has 6 atom stereocenters. The molecule has 1 heterocycles. The molecular weight excluding hydrogens is 390 g/mol. The summed E-state index contributed by atoms with van der Waals surface area (Å²) >= 11 is 0. The van der Waals surface area contributed by atoms with Gasteiger partial charge in [-0.25, -0.2) is 0 Å². The number of aliphatic hydroxyl groups is 5. The minimum Gasteiger partial charge on any atom is -0.394 e. The Hall–Kier alpha value is -2.33. The molecule has 2 aromatic carbocycles. The van der Waals surface area contributed by atoms with Gasteiger partial charge in [-0.1, -0.05) is 30.3 Å². The van der Waals surface area contributed by atoms with Crippen LogP contribution in [-0.4, -0.2) is 75.6 Å². The molecule has 0 spiro atoms. The first-order valence-corrected chi connectivity index (χ1v) is 9.70. The van der Waals surface area contributed by atoms with Crippen LogP contribution < -0.4 is 5.32 Å². The van der Waals surface area contributed by atoms with Gasteiger partial charge in [0, 0.05) is 12.6 Å². The van der Waals surface area contributed by atoms with Crippen molar-refractivity contribution >= 4 is 5.91 Å². The van der Waals surface area contributed by atoms with Crippen LogP contribution in [0.3, 0.4) is 0 Å². The first-order valence-electron chi connectivity index (χ1n) is 9.70. The van der Waals surface area contributed by atoms with E-state index in [0.29, 0.717) is 16.7 Å². The fourth-order valence-electron chi connectivity index (χ4n) is 3.74. The van der Waals surface area contributed by atoms with Gasteiger partial charge in [0.1, 0.15) is 36.6 Å². The molecule has 30 heavy (non-hydrogen) atoms. The molecule has 0 bridgehead atoms. The van der Waals surface area contributed by atoms with E-state index in [9.17, 15) is 30.3 Å². The van der Waals surface area contributed by atoms with Crippen LogP contribution in [0, 0.1) is 6.92 Å². The SMILES string of the molecule is CNC(=O)c1cccc(-c2ccc([C@@H](O)[C@H]3O[C@@H](CO)[C@H](O)[C@@H](O)[C@H]3O)c(C)c2)c1. The average molecular weight is 417 g/mol. The normalized spacial score (nSPS) is 27.5. The zero-order valence-electron chi connectivity index (χ0n) is 16.8. The number of hydrogen-bond donors (Lipinski definition) is 6. The summed E-state index contributed by atoms with van der Waals surface area (Å²) in [5.74, 6) is -0.191. The predicted octanol–water partition coefficient (Wildman–Crippen LogP) is -0.103. The second kappa shape index (κ2) is 9.22. The minimum absolute atomic E-state index is 0.191. The molecule has 0 aliphatic carbocycles. The number of benzene rings is 2. The van der Waals surface area contributed by atoms with Gasteiger partial charge in [0.25, 0.3) is 5.91 Å². The summed E-state index contributed by atoms with van der Waals surface area (Å²) < 4.78 is 5.47. The Kier molecular flexibility index (Phi) is 6.87. The third kappa shape index (κ3) is 4.24.